The zero-order valence-electron chi connectivity index (χ0n) is 4.35. The molecular formula is C6H10N. The Hall–Kier alpha value is -0.560. The number of hydrogen-bond donors (Lipinski definition) is 1. The maximum Gasteiger partial charge on any atom is 0.0593 e. The molecule has 0 aliphatic carbocycles. The minimum Gasteiger partial charge on any atom is -0.320 e. The predicted octanol–water partition coefficient (Wildman–Crippen LogP) is 1.24. The van der Waals surface area contributed by atoms with E-state index < -0.39 is 0 Å². The first-order valence-electron chi connectivity index (χ1n) is 2.16. The molecule has 0 aromatic rings. The molecule has 0 rings (SSSR count). The van der Waals surface area contributed by atoms with Crippen LogP contribution in [0.25, 0.3) is 0 Å². The van der Waals surface area contributed by atoms with Crippen molar-refractivity contribution in [3.05, 3.63) is 31.4 Å². The van der Waals surface area contributed by atoms with Crippen molar-refractivity contribution in [2.45, 2.75) is 6.42 Å². The van der Waals surface area contributed by atoms with Crippen LogP contribution in [0.3, 0.4) is 0 Å². The van der Waals surface area contributed by atoms with Gasteiger partial charge in [0, 0.05) is 0 Å². The molecule has 0 aliphatic heterocycles. The first-order valence-corrected chi connectivity index (χ1v) is 2.16. The van der Waals surface area contributed by atoms with Crippen molar-refractivity contribution in [3.8, 4) is 0 Å². The van der Waals surface area contributed by atoms with Gasteiger partial charge in [0.1, 0.15) is 0 Å². The third kappa shape index (κ3) is 3.27. The lowest BCUT2D eigenvalue weighted by Gasteiger charge is -1.94. The standard InChI is InChI=1S/C6H10N/c1-3-5-6(7)4-2/h3-4H,1-2,5,7H2. The smallest absolute Gasteiger partial charge is 0.0593 e. The second kappa shape index (κ2) is 3.62. The summed E-state index contributed by atoms with van der Waals surface area (Å²) in [5.74, 6) is 0. The van der Waals surface area contributed by atoms with Crippen molar-refractivity contribution in [1.29, 1.82) is 0 Å². The Morgan fingerprint density at radius 2 is 2.14 bits per heavy atom. The van der Waals surface area contributed by atoms with E-state index in [-0.39, 0.29) is 0 Å². The molecule has 1 radical (unpaired) electrons. The van der Waals surface area contributed by atoms with Crippen LogP contribution in [0.1, 0.15) is 6.42 Å². The number of nitrogens with two attached hydrogens (primary N) is 1. The van der Waals surface area contributed by atoms with Crippen LogP contribution in [0, 0.1) is 6.04 Å². The Balaban J connectivity index is 3.15. The van der Waals surface area contributed by atoms with Gasteiger partial charge in [0.15, 0.2) is 0 Å². The van der Waals surface area contributed by atoms with Gasteiger partial charge in [-0.05, 0) is 6.42 Å². The Labute approximate surface area is 44.5 Å². The molecule has 0 aromatic heterocycles. The maximum absolute atomic E-state index is 5.31. The molecule has 0 saturated heterocycles. The Morgan fingerprint density at radius 1 is 1.57 bits per heavy atom. The van der Waals surface area contributed by atoms with Crippen LogP contribution in [0.4, 0.5) is 0 Å². The van der Waals surface area contributed by atoms with Crippen molar-refractivity contribution in [3.63, 3.8) is 0 Å². The van der Waals surface area contributed by atoms with Gasteiger partial charge in [-0.2, -0.15) is 0 Å². The Kier molecular flexibility index (Phi) is 3.33. The molecule has 0 aliphatic rings. The molecule has 0 saturated carbocycles. The number of hydrogen-bond acceptors (Lipinski definition) is 1. The zero-order chi connectivity index (χ0) is 5.70. The van der Waals surface area contributed by atoms with Crippen LogP contribution in [0.5, 0.6) is 0 Å². The summed E-state index contributed by atoms with van der Waals surface area (Å²) in [4.78, 5) is 0. The highest BCUT2D eigenvalue weighted by Gasteiger charge is 1.88. The van der Waals surface area contributed by atoms with Gasteiger partial charge in [0.25, 0.3) is 0 Å². The SMILES string of the molecule is C=CC[C](N)C=C. The van der Waals surface area contributed by atoms with Crippen molar-refractivity contribution in [2.24, 2.45) is 5.73 Å². The first-order chi connectivity index (χ1) is 3.31. The van der Waals surface area contributed by atoms with Crippen LogP contribution in [-0.4, -0.2) is 0 Å². The summed E-state index contributed by atoms with van der Waals surface area (Å²) >= 11 is 0. The average Bonchev–Trinajstić information content (AvgIpc) is 1.68. The van der Waals surface area contributed by atoms with Crippen LogP contribution in [0.2, 0.25) is 0 Å². The van der Waals surface area contributed by atoms with E-state index in [1.807, 2.05) is 0 Å². The van der Waals surface area contributed by atoms with E-state index in [0.29, 0.717) is 0 Å². The van der Waals surface area contributed by atoms with Crippen molar-refractivity contribution < 1.29 is 0 Å². The Morgan fingerprint density at radius 3 is 2.29 bits per heavy atom. The predicted molar refractivity (Wildman–Crippen MR) is 32.4 cm³/mol. The molecule has 0 bridgehead atoms. The van der Waals surface area contributed by atoms with E-state index in [2.05, 4.69) is 13.2 Å². The van der Waals surface area contributed by atoms with Crippen LogP contribution >= 0.6 is 0 Å². The fraction of sp³-hybridized carbons (Fsp3) is 0.167. The Bertz CT molecular complexity index is 66.6. The van der Waals surface area contributed by atoms with E-state index >= 15 is 0 Å². The monoisotopic (exact) mass is 96.1 g/mol. The second-order valence-corrected chi connectivity index (χ2v) is 1.27. The van der Waals surface area contributed by atoms with Crippen molar-refractivity contribution in [2.75, 3.05) is 0 Å². The molecular weight excluding hydrogens is 86.1 g/mol. The summed E-state index contributed by atoms with van der Waals surface area (Å²) in [6.07, 6.45) is 4.11. The first kappa shape index (κ1) is 6.44. The lowest BCUT2D eigenvalue weighted by atomic mass is 10.2. The number of rotatable bonds is 3. The van der Waals surface area contributed by atoms with Crippen molar-refractivity contribution >= 4 is 0 Å². The fourth-order valence-corrected chi connectivity index (χ4v) is 0.250. The average molecular weight is 96.2 g/mol. The molecule has 0 unspecified atom stereocenters. The lowest BCUT2D eigenvalue weighted by Crippen LogP contribution is -2.03. The molecule has 1 nitrogen and oxygen atoms in total. The van der Waals surface area contributed by atoms with Gasteiger partial charge in [-0.25, -0.2) is 0 Å². The highest BCUT2D eigenvalue weighted by Crippen LogP contribution is 1.95. The minimum atomic E-state index is 0.740. The van der Waals surface area contributed by atoms with E-state index in [0.717, 1.165) is 12.5 Å². The highest BCUT2D eigenvalue weighted by molar-refractivity contribution is 5.04. The molecule has 0 aromatic carbocycles. The highest BCUT2D eigenvalue weighted by atomic mass is 14.6. The summed E-state index contributed by atoms with van der Waals surface area (Å²) in [5.41, 5.74) is 5.31. The third-order valence-corrected chi connectivity index (χ3v) is 0.642. The summed E-state index contributed by atoms with van der Waals surface area (Å²) in [6, 6.07) is 0.773. The van der Waals surface area contributed by atoms with E-state index in [1.165, 1.54) is 0 Å². The molecule has 0 fully saturated rings. The largest absolute Gasteiger partial charge is 0.320 e. The molecule has 0 spiro atoms. The van der Waals surface area contributed by atoms with Gasteiger partial charge in [-0.3, -0.25) is 0 Å². The molecule has 39 valence electrons. The molecule has 0 heterocycles. The van der Waals surface area contributed by atoms with Gasteiger partial charge in [0.05, 0.1) is 6.04 Å². The van der Waals surface area contributed by atoms with Crippen LogP contribution in [0.15, 0.2) is 25.3 Å². The van der Waals surface area contributed by atoms with Crippen LogP contribution in [-0.2, 0) is 0 Å². The molecule has 2 N–H and O–H groups in total. The second-order valence-electron chi connectivity index (χ2n) is 1.27. The summed E-state index contributed by atoms with van der Waals surface area (Å²) in [6.45, 7) is 6.97. The van der Waals surface area contributed by atoms with Gasteiger partial charge in [-0.1, -0.05) is 12.2 Å². The summed E-state index contributed by atoms with van der Waals surface area (Å²) < 4.78 is 0. The van der Waals surface area contributed by atoms with Crippen LogP contribution < -0.4 is 5.73 Å². The third-order valence-electron chi connectivity index (χ3n) is 0.642. The fourth-order valence-electron chi connectivity index (χ4n) is 0.250. The van der Waals surface area contributed by atoms with Gasteiger partial charge in [-0.15, -0.1) is 13.2 Å². The quantitative estimate of drug-likeness (QED) is 0.525. The van der Waals surface area contributed by atoms with Gasteiger partial charge < -0.3 is 5.73 Å². The normalized spacial score (nSPS) is 8.86. The lowest BCUT2D eigenvalue weighted by molar-refractivity contribution is 1.03. The molecule has 7 heavy (non-hydrogen) atoms. The van der Waals surface area contributed by atoms with Gasteiger partial charge >= 0.3 is 0 Å². The minimum absolute atomic E-state index is 0.740. The topological polar surface area (TPSA) is 26.0 Å². The zero-order valence-corrected chi connectivity index (χ0v) is 4.35. The van der Waals surface area contributed by atoms with E-state index in [9.17, 15) is 0 Å². The van der Waals surface area contributed by atoms with E-state index in [1.54, 1.807) is 12.2 Å². The molecule has 1 heteroatoms. The molecule has 0 atom stereocenters. The maximum atomic E-state index is 5.31. The molecule has 0 amide bonds. The van der Waals surface area contributed by atoms with Crippen molar-refractivity contribution in [1.82, 2.24) is 0 Å². The summed E-state index contributed by atoms with van der Waals surface area (Å²) in [5, 5.41) is 0. The van der Waals surface area contributed by atoms with Gasteiger partial charge in [0.2, 0.25) is 0 Å². The summed E-state index contributed by atoms with van der Waals surface area (Å²) in [7, 11) is 0. The van der Waals surface area contributed by atoms with E-state index in [4.69, 9.17) is 5.73 Å².